The van der Waals surface area contributed by atoms with Crippen molar-refractivity contribution in [2.24, 2.45) is 0 Å². The quantitative estimate of drug-likeness (QED) is 0.396. The molecule has 1 aromatic rings. The SMILES string of the molecule is [C-]#[N+]c1cc(N)c(NCCCCCNC(=O)OC(C)(C)C)cc1C. The minimum absolute atomic E-state index is 0.372. The molecular formula is C18H28N4O2. The van der Waals surface area contributed by atoms with Crippen molar-refractivity contribution in [3.63, 3.8) is 0 Å². The number of anilines is 2. The molecule has 0 aliphatic rings. The standard InChI is InChI=1S/C18H28N4O2/c1-13-11-16(14(19)12-15(13)20-5)21-9-7-6-8-10-22-17(23)24-18(2,3)4/h11-12,21H,6-10,19H2,1-4H3,(H,22,23). The first-order chi connectivity index (χ1) is 11.2. The molecule has 0 bridgehead atoms. The Balaban J connectivity index is 2.20. The summed E-state index contributed by atoms with van der Waals surface area (Å²) in [5.74, 6) is 0. The lowest BCUT2D eigenvalue weighted by molar-refractivity contribution is 0.0527. The molecule has 0 aromatic heterocycles. The number of nitrogen functional groups attached to an aromatic ring is 1. The molecule has 0 aliphatic carbocycles. The summed E-state index contributed by atoms with van der Waals surface area (Å²) in [4.78, 5) is 14.9. The Kier molecular flexibility index (Phi) is 7.37. The van der Waals surface area contributed by atoms with Gasteiger partial charge in [-0.25, -0.2) is 9.64 Å². The van der Waals surface area contributed by atoms with Crippen molar-refractivity contribution in [3.8, 4) is 0 Å². The van der Waals surface area contributed by atoms with Gasteiger partial charge in [-0.3, -0.25) is 0 Å². The predicted octanol–water partition coefficient (Wildman–Crippen LogP) is 4.23. The minimum atomic E-state index is -0.463. The number of nitrogens with zero attached hydrogens (tertiary/aromatic N) is 1. The smallest absolute Gasteiger partial charge is 0.407 e. The summed E-state index contributed by atoms with van der Waals surface area (Å²) in [7, 11) is 0. The topological polar surface area (TPSA) is 80.7 Å². The first kappa shape index (κ1) is 19.6. The summed E-state index contributed by atoms with van der Waals surface area (Å²) in [6.07, 6.45) is 2.48. The van der Waals surface area contributed by atoms with E-state index in [4.69, 9.17) is 17.0 Å². The number of nitrogens with two attached hydrogens (primary N) is 1. The zero-order valence-corrected chi connectivity index (χ0v) is 15.0. The number of benzene rings is 1. The maximum atomic E-state index is 11.5. The van der Waals surface area contributed by atoms with Gasteiger partial charge in [0, 0.05) is 18.8 Å². The van der Waals surface area contributed by atoms with Crippen LogP contribution in [-0.4, -0.2) is 24.8 Å². The molecule has 0 saturated heterocycles. The molecule has 0 spiro atoms. The highest BCUT2D eigenvalue weighted by molar-refractivity contribution is 5.74. The fourth-order valence-electron chi connectivity index (χ4n) is 2.14. The maximum Gasteiger partial charge on any atom is 0.407 e. The monoisotopic (exact) mass is 332 g/mol. The van der Waals surface area contributed by atoms with Gasteiger partial charge in [0.25, 0.3) is 0 Å². The minimum Gasteiger partial charge on any atom is -0.444 e. The number of rotatable bonds is 7. The van der Waals surface area contributed by atoms with Crippen LogP contribution in [0.2, 0.25) is 0 Å². The second kappa shape index (κ2) is 9.02. The number of ether oxygens (including phenoxy) is 1. The fourth-order valence-corrected chi connectivity index (χ4v) is 2.14. The molecular weight excluding hydrogens is 304 g/mol. The van der Waals surface area contributed by atoms with E-state index in [-0.39, 0.29) is 6.09 Å². The molecule has 1 aromatic carbocycles. The van der Waals surface area contributed by atoms with Gasteiger partial charge < -0.3 is 21.1 Å². The summed E-state index contributed by atoms with van der Waals surface area (Å²) in [6.45, 7) is 15.9. The molecule has 132 valence electrons. The highest BCUT2D eigenvalue weighted by atomic mass is 16.6. The molecule has 1 rings (SSSR count). The molecule has 6 nitrogen and oxygen atoms in total. The molecule has 0 atom stereocenters. The predicted molar refractivity (Wildman–Crippen MR) is 98.4 cm³/mol. The van der Waals surface area contributed by atoms with Crippen LogP contribution in [0.5, 0.6) is 0 Å². The van der Waals surface area contributed by atoms with Gasteiger partial charge in [-0.05, 0) is 64.7 Å². The van der Waals surface area contributed by atoms with Crippen LogP contribution in [0.1, 0.15) is 45.6 Å². The zero-order chi connectivity index (χ0) is 18.2. The lowest BCUT2D eigenvalue weighted by Crippen LogP contribution is -2.33. The van der Waals surface area contributed by atoms with E-state index in [0.717, 1.165) is 37.1 Å². The Labute approximate surface area is 144 Å². The van der Waals surface area contributed by atoms with Crippen LogP contribution in [0.3, 0.4) is 0 Å². The fraction of sp³-hybridized carbons (Fsp3) is 0.556. The van der Waals surface area contributed by atoms with Gasteiger partial charge in [0.15, 0.2) is 5.69 Å². The van der Waals surface area contributed by atoms with E-state index in [1.165, 1.54) is 0 Å². The third-order valence-corrected chi connectivity index (χ3v) is 3.33. The highest BCUT2D eigenvalue weighted by Gasteiger charge is 2.15. The van der Waals surface area contributed by atoms with Crippen molar-refractivity contribution in [2.75, 3.05) is 24.1 Å². The van der Waals surface area contributed by atoms with Crippen LogP contribution in [0.25, 0.3) is 4.85 Å². The van der Waals surface area contributed by atoms with Crippen molar-refractivity contribution in [1.82, 2.24) is 5.32 Å². The van der Waals surface area contributed by atoms with E-state index in [2.05, 4.69) is 15.5 Å². The number of hydrogen-bond donors (Lipinski definition) is 3. The van der Waals surface area contributed by atoms with Crippen molar-refractivity contribution >= 4 is 23.2 Å². The first-order valence-corrected chi connectivity index (χ1v) is 8.21. The highest BCUT2D eigenvalue weighted by Crippen LogP contribution is 2.28. The van der Waals surface area contributed by atoms with Gasteiger partial charge >= 0.3 is 6.09 Å². The third kappa shape index (κ3) is 7.23. The van der Waals surface area contributed by atoms with Crippen LogP contribution in [0.15, 0.2) is 12.1 Å². The van der Waals surface area contributed by atoms with E-state index in [0.29, 0.717) is 17.9 Å². The first-order valence-electron chi connectivity index (χ1n) is 8.21. The second-order valence-corrected chi connectivity index (χ2v) is 6.75. The molecule has 0 radical (unpaired) electrons. The number of unbranched alkanes of at least 4 members (excludes halogenated alkanes) is 2. The number of carbonyl (C=O) groups excluding carboxylic acids is 1. The largest absolute Gasteiger partial charge is 0.444 e. The number of aryl methyl sites for hydroxylation is 1. The van der Waals surface area contributed by atoms with Crippen LogP contribution in [0, 0.1) is 13.5 Å². The van der Waals surface area contributed by atoms with E-state index in [1.807, 2.05) is 33.8 Å². The van der Waals surface area contributed by atoms with Gasteiger partial charge in [0.1, 0.15) is 5.60 Å². The van der Waals surface area contributed by atoms with Crippen molar-refractivity contribution in [2.45, 2.75) is 52.6 Å². The molecule has 0 fully saturated rings. The van der Waals surface area contributed by atoms with Crippen LogP contribution < -0.4 is 16.4 Å². The van der Waals surface area contributed by atoms with E-state index in [1.54, 1.807) is 6.07 Å². The number of amides is 1. The number of nitrogens with one attached hydrogen (secondary N) is 2. The van der Waals surface area contributed by atoms with E-state index in [9.17, 15) is 4.79 Å². The van der Waals surface area contributed by atoms with E-state index < -0.39 is 5.60 Å². The number of hydrogen-bond acceptors (Lipinski definition) is 4. The lowest BCUT2D eigenvalue weighted by atomic mass is 10.1. The summed E-state index contributed by atoms with van der Waals surface area (Å²) in [5, 5.41) is 6.04. The Morgan fingerprint density at radius 1 is 1.25 bits per heavy atom. The summed E-state index contributed by atoms with van der Waals surface area (Å²) >= 11 is 0. The Hall–Kier alpha value is -2.42. The molecule has 4 N–H and O–H groups in total. The van der Waals surface area contributed by atoms with Crippen molar-refractivity contribution in [1.29, 1.82) is 0 Å². The zero-order valence-electron chi connectivity index (χ0n) is 15.0. The second-order valence-electron chi connectivity index (χ2n) is 6.75. The van der Waals surface area contributed by atoms with Crippen LogP contribution in [-0.2, 0) is 4.74 Å². The maximum absolute atomic E-state index is 11.5. The Bertz CT molecular complexity index is 600. The van der Waals surface area contributed by atoms with Gasteiger partial charge in [-0.1, -0.05) is 0 Å². The summed E-state index contributed by atoms with van der Waals surface area (Å²) in [5.41, 5.74) is 8.45. The average molecular weight is 332 g/mol. The van der Waals surface area contributed by atoms with Gasteiger partial charge in [0.2, 0.25) is 0 Å². The summed E-state index contributed by atoms with van der Waals surface area (Å²) < 4.78 is 5.17. The Morgan fingerprint density at radius 2 is 1.92 bits per heavy atom. The van der Waals surface area contributed by atoms with Crippen molar-refractivity contribution in [3.05, 3.63) is 29.1 Å². The molecule has 6 heteroatoms. The van der Waals surface area contributed by atoms with Crippen LogP contribution >= 0.6 is 0 Å². The van der Waals surface area contributed by atoms with Crippen molar-refractivity contribution < 1.29 is 9.53 Å². The average Bonchev–Trinajstić information content (AvgIpc) is 2.47. The normalized spacial score (nSPS) is 10.8. The molecule has 0 unspecified atom stereocenters. The number of carbonyl (C=O) groups is 1. The molecule has 24 heavy (non-hydrogen) atoms. The summed E-state index contributed by atoms with van der Waals surface area (Å²) in [6, 6.07) is 3.61. The van der Waals surface area contributed by atoms with Gasteiger partial charge in [0.05, 0.1) is 12.3 Å². The molecule has 1 amide bonds. The van der Waals surface area contributed by atoms with E-state index >= 15 is 0 Å². The Morgan fingerprint density at radius 3 is 2.54 bits per heavy atom. The molecule has 0 saturated carbocycles. The van der Waals surface area contributed by atoms with Gasteiger partial charge in [-0.2, -0.15) is 0 Å². The lowest BCUT2D eigenvalue weighted by Gasteiger charge is -2.19. The third-order valence-electron chi connectivity index (χ3n) is 3.33. The molecule has 0 heterocycles. The molecule has 0 aliphatic heterocycles. The van der Waals surface area contributed by atoms with Gasteiger partial charge in [-0.15, -0.1) is 0 Å². The number of alkyl carbamates (subject to hydrolysis) is 1. The van der Waals surface area contributed by atoms with Crippen LogP contribution in [0.4, 0.5) is 21.9 Å².